The van der Waals surface area contributed by atoms with Crippen LogP contribution in [0.5, 0.6) is 5.75 Å². The summed E-state index contributed by atoms with van der Waals surface area (Å²) in [4.78, 5) is 10.5. The van der Waals surface area contributed by atoms with Crippen molar-refractivity contribution in [2.75, 3.05) is 18.1 Å². The van der Waals surface area contributed by atoms with Gasteiger partial charge in [-0.05, 0) is 17.7 Å². The molecule has 0 radical (unpaired) electrons. The van der Waals surface area contributed by atoms with E-state index in [9.17, 15) is 13.2 Å². The number of hydrogen-bond acceptors (Lipinski definition) is 4. The van der Waals surface area contributed by atoms with Crippen LogP contribution in [0.15, 0.2) is 24.3 Å². The van der Waals surface area contributed by atoms with Crippen molar-refractivity contribution in [2.45, 2.75) is 13.3 Å². The van der Waals surface area contributed by atoms with Gasteiger partial charge in [0.15, 0.2) is 9.84 Å². The minimum Gasteiger partial charge on any atom is -0.493 e. The minimum absolute atomic E-state index is 0.0351. The summed E-state index contributed by atoms with van der Waals surface area (Å²) in [5.41, 5.74) is 0.623. The first-order valence-electron chi connectivity index (χ1n) is 5.57. The molecular formula is C12H16O5S. The van der Waals surface area contributed by atoms with Gasteiger partial charge in [0.1, 0.15) is 12.4 Å². The van der Waals surface area contributed by atoms with Crippen molar-refractivity contribution in [1.82, 2.24) is 0 Å². The smallest absolute Gasteiger partial charge is 0.307 e. The number of carbonyl (C=O) groups is 1. The number of aliphatic carboxylic acids is 1. The molecule has 1 aromatic rings. The zero-order valence-electron chi connectivity index (χ0n) is 10.1. The summed E-state index contributed by atoms with van der Waals surface area (Å²) in [7, 11) is -3.04. The highest BCUT2D eigenvalue weighted by Crippen LogP contribution is 2.13. The summed E-state index contributed by atoms with van der Waals surface area (Å²) in [6, 6.07) is 6.64. The normalized spacial score (nSPS) is 11.2. The van der Waals surface area contributed by atoms with Crippen LogP contribution in [-0.2, 0) is 21.1 Å². The van der Waals surface area contributed by atoms with Gasteiger partial charge in [-0.15, -0.1) is 0 Å². The molecule has 0 aliphatic rings. The molecule has 0 saturated carbocycles. The van der Waals surface area contributed by atoms with Crippen molar-refractivity contribution in [3.05, 3.63) is 29.8 Å². The van der Waals surface area contributed by atoms with E-state index < -0.39 is 15.8 Å². The van der Waals surface area contributed by atoms with E-state index in [1.54, 1.807) is 31.2 Å². The highest BCUT2D eigenvalue weighted by Gasteiger charge is 2.07. The molecule has 0 atom stereocenters. The molecule has 100 valence electrons. The molecule has 6 heteroatoms. The minimum atomic E-state index is -3.04. The quantitative estimate of drug-likeness (QED) is 0.804. The van der Waals surface area contributed by atoms with Crippen LogP contribution in [0, 0.1) is 0 Å². The molecule has 1 aromatic carbocycles. The maximum absolute atomic E-state index is 11.2. The molecule has 0 amide bonds. The lowest BCUT2D eigenvalue weighted by Crippen LogP contribution is -2.15. The van der Waals surface area contributed by atoms with E-state index in [2.05, 4.69) is 0 Å². The summed E-state index contributed by atoms with van der Waals surface area (Å²) in [5, 5.41) is 8.65. The van der Waals surface area contributed by atoms with E-state index in [0.717, 1.165) is 0 Å². The molecule has 0 bridgehead atoms. The Hall–Kier alpha value is -1.56. The molecule has 1 N–H and O–H groups in total. The lowest BCUT2D eigenvalue weighted by molar-refractivity contribution is -0.136. The lowest BCUT2D eigenvalue weighted by atomic mass is 10.1. The summed E-state index contributed by atoms with van der Waals surface area (Å²) in [6.45, 7) is 1.66. The van der Waals surface area contributed by atoms with E-state index in [1.165, 1.54) is 0 Å². The van der Waals surface area contributed by atoms with Crippen molar-refractivity contribution in [1.29, 1.82) is 0 Å². The van der Waals surface area contributed by atoms with E-state index in [-0.39, 0.29) is 24.5 Å². The van der Waals surface area contributed by atoms with E-state index >= 15 is 0 Å². The predicted octanol–water partition coefficient (Wildman–Crippen LogP) is 1.13. The van der Waals surface area contributed by atoms with Crippen molar-refractivity contribution in [2.24, 2.45) is 0 Å². The fraction of sp³-hybridized carbons (Fsp3) is 0.417. The average Bonchev–Trinajstić information content (AvgIpc) is 2.28. The van der Waals surface area contributed by atoms with Gasteiger partial charge >= 0.3 is 5.97 Å². The molecule has 0 heterocycles. The third kappa shape index (κ3) is 5.18. The maximum Gasteiger partial charge on any atom is 0.307 e. The summed E-state index contributed by atoms with van der Waals surface area (Å²) >= 11 is 0. The number of hydrogen-bond donors (Lipinski definition) is 1. The molecule has 0 unspecified atom stereocenters. The first kappa shape index (κ1) is 14.5. The largest absolute Gasteiger partial charge is 0.493 e. The summed E-state index contributed by atoms with van der Waals surface area (Å²) < 4.78 is 27.8. The summed E-state index contributed by atoms with van der Waals surface area (Å²) in [5.74, 6) is -0.372. The Morgan fingerprint density at radius 3 is 2.72 bits per heavy atom. The van der Waals surface area contributed by atoms with Crippen LogP contribution in [0.3, 0.4) is 0 Å². The fourth-order valence-corrected chi connectivity index (χ4v) is 1.98. The van der Waals surface area contributed by atoms with Gasteiger partial charge in [-0.25, -0.2) is 8.42 Å². The molecule has 0 saturated heterocycles. The average molecular weight is 272 g/mol. The Bertz CT molecular complexity index is 507. The number of ether oxygens (including phenoxy) is 1. The van der Waals surface area contributed by atoms with Crippen molar-refractivity contribution >= 4 is 15.8 Å². The van der Waals surface area contributed by atoms with Gasteiger partial charge in [0.2, 0.25) is 0 Å². The van der Waals surface area contributed by atoms with E-state index in [4.69, 9.17) is 9.84 Å². The maximum atomic E-state index is 11.2. The van der Waals surface area contributed by atoms with Crippen molar-refractivity contribution in [3.63, 3.8) is 0 Å². The fourth-order valence-electron chi connectivity index (χ4n) is 1.35. The molecule has 1 rings (SSSR count). The van der Waals surface area contributed by atoms with Crippen LogP contribution in [0.2, 0.25) is 0 Å². The molecule has 0 aliphatic carbocycles. The van der Waals surface area contributed by atoms with Gasteiger partial charge in [0.05, 0.1) is 12.2 Å². The van der Waals surface area contributed by atoms with Crippen molar-refractivity contribution < 1.29 is 23.1 Å². The Kier molecular flexibility index (Phi) is 5.15. The molecule has 0 aromatic heterocycles. The van der Waals surface area contributed by atoms with E-state index in [0.29, 0.717) is 11.3 Å². The topological polar surface area (TPSA) is 80.7 Å². The number of carboxylic acids is 1. The second-order valence-electron chi connectivity index (χ2n) is 3.80. The molecular weight excluding hydrogens is 256 g/mol. The highest BCUT2D eigenvalue weighted by molar-refractivity contribution is 7.91. The number of rotatable bonds is 7. The molecule has 5 nitrogen and oxygen atoms in total. The van der Waals surface area contributed by atoms with Crippen LogP contribution in [-0.4, -0.2) is 37.6 Å². The van der Waals surface area contributed by atoms with Gasteiger partial charge in [0.25, 0.3) is 0 Å². The van der Waals surface area contributed by atoms with Crippen LogP contribution in [0.1, 0.15) is 12.5 Å². The first-order chi connectivity index (χ1) is 8.43. The zero-order valence-corrected chi connectivity index (χ0v) is 10.9. The molecule has 0 aliphatic heterocycles. The Morgan fingerprint density at radius 2 is 2.11 bits per heavy atom. The predicted molar refractivity (Wildman–Crippen MR) is 67.6 cm³/mol. The molecule has 18 heavy (non-hydrogen) atoms. The zero-order chi connectivity index (χ0) is 13.6. The monoisotopic (exact) mass is 272 g/mol. The van der Waals surface area contributed by atoms with E-state index in [1.807, 2.05) is 0 Å². The number of carboxylic acid groups (broad SMARTS) is 1. The van der Waals surface area contributed by atoms with Gasteiger partial charge in [0, 0.05) is 5.75 Å². The van der Waals surface area contributed by atoms with Gasteiger partial charge in [-0.1, -0.05) is 19.1 Å². The van der Waals surface area contributed by atoms with Gasteiger partial charge < -0.3 is 9.84 Å². The summed E-state index contributed by atoms with van der Waals surface area (Å²) in [6.07, 6.45) is -0.0789. The Balaban J connectivity index is 2.55. The third-order valence-electron chi connectivity index (χ3n) is 2.36. The van der Waals surface area contributed by atoms with Crippen molar-refractivity contribution in [3.8, 4) is 5.75 Å². The molecule has 0 fully saturated rings. The van der Waals surface area contributed by atoms with Gasteiger partial charge in [-0.3, -0.25) is 4.79 Å². The SMILES string of the molecule is CCS(=O)(=O)CCOc1cccc(CC(=O)O)c1. The molecule has 0 spiro atoms. The highest BCUT2D eigenvalue weighted by atomic mass is 32.2. The number of benzene rings is 1. The van der Waals surface area contributed by atoms with Crippen LogP contribution in [0.25, 0.3) is 0 Å². The van der Waals surface area contributed by atoms with Gasteiger partial charge in [-0.2, -0.15) is 0 Å². The lowest BCUT2D eigenvalue weighted by Gasteiger charge is -2.07. The number of sulfone groups is 1. The van der Waals surface area contributed by atoms with Crippen LogP contribution >= 0.6 is 0 Å². The van der Waals surface area contributed by atoms with Crippen LogP contribution < -0.4 is 4.74 Å². The second kappa shape index (κ2) is 6.39. The third-order valence-corrected chi connectivity index (χ3v) is 4.03. The first-order valence-corrected chi connectivity index (χ1v) is 7.39. The standard InChI is InChI=1S/C12H16O5S/c1-2-18(15,16)7-6-17-11-5-3-4-10(8-11)9-12(13)14/h3-5,8H,2,6-7,9H2,1H3,(H,13,14). The Labute approximate surface area is 106 Å². The van der Waals surface area contributed by atoms with Crippen LogP contribution in [0.4, 0.5) is 0 Å². The second-order valence-corrected chi connectivity index (χ2v) is 6.28. The Morgan fingerprint density at radius 1 is 1.39 bits per heavy atom.